The van der Waals surface area contributed by atoms with Gasteiger partial charge in [0.1, 0.15) is 12.2 Å². The average molecular weight is 419 g/mol. The molecule has 0 radical (unpaired) electrons. The molecule has 0 aromatic heterocycles. The molecule has 3 aromatic rings. The molecule has 0 amide bonds. The lowest BCUT2D eigenvalue weighted by atomic mass is 9.89. The molecule has 1 fully saturated rings. The van der Waals surface area contributed by atoms with Crippen LogP contribution < -0.4 is 0 Å². The van der Waals surface area contributed by atoms with Crippen LogP contribution in [0.1, 0.15) is 29.5 Å². The smallest absolute Gasteiger partial charge is 0.113 e. The molecule has 0 bridgehead atoms. The first kappa shape index (κ1) is 21.7. The van der Waals surface area contributed by atoms with Crippen LogP contribution >= 0.6 is 0 Å². The van der Waals surface area contributed by atoms with Crippen molar-refractivity contribution in [2.45, 2.75) is 57.1 Å². The van der Waals surface area contributed by atoms with Crippen molar-refractivity contribution in [3.05, 3.63) is 108 Å². The highest BCUT2D eigenvalue weighted by Gasteiger charge is 2.41. The molecular formula is C27H30O4. The predicted molar refractivity (Wildman–Crippen MR) is 120 cm³/mol. The van der Waals surface area contributed by atoms with Crippen molar-refractivity contribution in [2.75, 3.05) is 0 Å². The van der Waals surface area contributed by atoms with E-state index in [0.29, 0.717) is 26.2 Å². The van der Waals surface area contributed by atoms with Crippen molar-refractivity contribution in [3.63, 3.8) is 0 Å². The van der Waals surface area contributed by atoms with Gasteiger partial charge in [-0.1, -0.05) is 91.0 Å². The highest BCUT2D eigenvalue weighted by molar-refractivity contribution is 5.15. The zero-order chi connectivity index (χ0) is 21.3. The van der Waals surface area contributed by atoms with Gasteiger partial charge in [0.2, 0.25) is 0 Å². The molecule has 31 heavy (non-hydrogen) atoms. The Labute approximate surface area is 184 Å². The van der Waals surface area contributed by atoms with Crippen LogP contribution in [0.5, 0.6) is 0 Å². The Morgan fingerprint density at radius 3 is 1.45 bits per heavy atom. The second-order valence-corrected chi connectivity index (χ2v) is 8.00. The number of benzene rings is 3. The lowest BCUT2D eigenvalue weighted by Crippen LogP contribution is -2.52. The fraction of sp³-hybridized carbons (Fsp3) is 0.333. The van der Waals surface area contributed by atoms with Gasteiger partial charge in [-0.05, 0) is 29.5 Å². The topological polar surface area (TPSA) is 47.9 Å². The van der Waals surface area contributed by atoms with E-state index < -0.39 is 12.2 Å². The molecule has 1 aliphatic rings. The summed E-state index contributed by atoms with van der Waals surface area (Å²) < 4.78 is 18.8. The van der Waals surface area contributed by atoms with Gasteiger partial charge in [0.25, 0.3) is 0 Å². The Morgan fingerprint density at radius 1 is 0.548 bits per heavy atom. The molecule has 0 heterocycles. The molecule has 162 valence electrons. The van der Waals surface area contributed by atoms with E-state index in [4.69, 9.17) is 14.2 Å². The van der Waals surface area contributed by atoms with E-state index in [-0.39, 0.29) is 12.2 Å². The number of rotatable bonds is 9. The minimum absolute atomic E-state index is 0.145. The van der Waals surface area contributed by atoms with Crippen LogP contribution in [-0.4, -0.2) is 29.5 Å². The lowest BCUT2D eigenvalue weighted by Gasteiger charge is -2.40. The summed E-state index contributed by atoms with van der Waals surface area (Å²) in [6, 6.07) is 30.2. The maximum absolute atomic E-state index is 10.8. The van der Waals surface area contributed by atoms with Gasteiger partial charge >= 0.3 is 0 Å². The summed E-state index contributed by atoms with van der Waals surface area (Å²) in [5, 5.41) is 10.8. The standard InChI is InChI=1S/C27H30O4/c28-24-16-17-25(29-18-21-10-4-1-5-11-21)27(31-20-23-14-8-3-9-15-23)26(24)30-19-22-12-6-2-7-13-22/h1-15,24-28H,16-20H2/t24?,25-,26-,27+/m1/s1. The first-order chi connectivity index (χ1) is 15.3. The van der Waals surface area contributed by atoms with E-state index in [9.17, 15) is 5.11 Å². The van der Waals surface area contributed by atoms with Gasteiger partial charge in [-0.3, -0.25) is 0 Å². The van der Waals surface area contributed by atoms with Crippen LogP contribution in [0.3, 0.4) is 0 Å². The van der Waals surface area contributed by atoms with E-state index in [1.54, 1.807) is 0 Å². The number of ether oxygens (including phenoxy) is 3. The van der Waals surface area contributed by atoms with Crippen LogP contribution in [0.25, 0.3) is 0 Å². The molecule has 4 heteroatoms. The monoisotopic (exact) mass is 418 g/mol. The normalized spacial score (nSPS) is 23.5. The molecule has 0 spiro atoms. The molecule has 1 aliphatic carbocycles. The quantitative estimate of drug-likeness (QED) is 0.537. The van der Waals surface area contributed by atoms with Crippen molar-refractivity contribution in [1.29, 1.82) is 0 Å². The fourth-order valence-corrected chi connectivity index (χ4v) is 3.99. The number of aliphatic hydroxyl groups is 1. The molecule has 4 rings (SSSR count). The number of aliphatic hydroxyl groups excluding tert-OH is 1. The number of hydrogen-bond donors (Lipinski definition) is 1. The molecular weight excluding hydrogens is 388 g/mol. The van der Waals surface area contributed by atoms with Gasteiger partial charge in [-0.25, -0.2) is 0 Å². The molecule has 1 unspecified atom stereocenters. The first-order valence-corrected chi connectivity index (χ1v) is 10.9. The SMILES string of the molecule is OC1CC[C@@H](OCc2ccccc2)[C@H](OCc2ccccc2)[C@@H]1OCc1ccccc1. The molecule has 1 saturated carbocycles. The van der Waals surface area contributed by atoms with Crippen LogP contribution in [0, 0.1) is 0 Å². The van der Waals surface area contributed by atoms with E-state index in [0.717, 1.165) is 23.1 Å². The Balaban J connectivity index is 1.46. The molecule has 0 saturated heterocycles. The zero-order valence-corrected chi connectivity index (χ0v) is 17.7. The molecule has 1 N–H and O–H groups in total. The Bertz CT molecular complexity index is 885. The minimum Gasteiger partial charge on any atom is -0.390 e. The van der Waals surface area contributed by atoms with E-state index in [1.165, 1.54) is 0 Å². The largest absolute Gasteiger partial charge is 0.390 e. The maximum Gasteiger partial charge on any atom is 0.113 e. The second kappa shape index (κ2) is 11.2. The minimum atomic E-state index is -0.582. The predicted octanol–water partition coefficient (Wildman–Crippen LogP) is 4.90. The Hall–Kier alpha value is -2.50. The van der Waals surface area contributed by atoms with Crippen molar-refractivity contribution in [2.24, 2.45) is 0 Å². The Kier molecular flexibility index (Phi) is 7.86. The summed E-state index contributed by atoms with van der Waals surface area (Å²) in [5.41, 5.74) is 3.28. The van der Waals surface area contributed by atoms with E-state index in [2.05, 4.69) is 12.1 Å². The number of hydrogen-bond acceptors (Lipinski definition) is 4. The van der Waals surface area contributed by atoms with Gasteiger partial charge in [-0.2, -0.15) is 0 Å². The third kappa shape index (κ3) is 6.25. The van der Waals surface area contributed by atoms with Crippen molar-refractivity contribution in [3.8, 4) is 0 Å². The fourth-order valence-electron chi connectivity index (χ4n) is 3.99. The van der Waals surface area contributed by atoms with Gasteiger partial charge in [0, 0.05) is 0 Å². The summed E-state index contributed by atoms with van der Waals surface area (Å²) in [7, 11) is 0. The first-order valence-electron chi connectivity index (χ1n) is 10.9. The third-order valence-corrected chi connectivity index (χ3v) is 5.69. The maximum atomic E-state index is 10.8. The zero-order valence-electron chi connectivity index (χ0n) is 17.7. The van der Waals surface area contributed by atoms with E-state index in [1.807, 2.05) is 78.9 Å². The summed E-state index contributed by atoms with van der Waals surface area (Å²) in [4.78, 5) is 0. The van der Waals surface area contributed by atoms with Crippen molar-refractivity contribution in [1.82, 2.24) is 0 Å². The van der Waals surface area contributed by atoms with Crippen LogP contribution in [0.4, 0.5) is 0 Å². The lowest BCUT2D eigenvalue weighted by molar-refractivity contribution is -0.201. The van der Waals surface area contributed by atoms with Crippen LogP contribution in [0.15, 0.2) is 91.0 Å². The second-order valence-electron chi connectivity index (χ2n) is 8.00. The summed E-state index contributed by atoms with van der Waals surface area (Å²) >= 11 is 0. The van der Waals surface area contributed by atoms with Gasteiger partial charge < -0.3 is 19.3 Å². The van der Waals surface area contributed by atoms with Gasteiger partial charge in [0.05, 0.1) is 32.0 Å². The van der Waals surface area contributed by atoms with E-state index >= 15 is 0 Å². The van der Waals surface area contributed by atoms with Crippen LogP contribution in [0.2, 0.25) is 0 Å². The average Bonchev–Trinajstić information content (AvgIpc) is 2.83. The summed E-state index contributed by atoms with van der Waals surface area (Å²) in [6.07, 6.45) is -0.160. The Morgan fingerprint density at radius 2 is 0.968 bits per heavy atom. The van der Waals surface area contributed by atoms with Crippen molar-refractivity contribution >= 4 is 0 Å². The molecule has 4 atom stereocenters. The van der Waals surface area contributed by atoms with Crippen LogP contribution in [-0.2, 0) is 34.0 Å². The molecule has 4 nitrogen and oxygen atoms in total. The summed E-state index contributed by atoms with van der Waals surface area (Å²) in [6.45, 7) is 1.39. The summed E-state index contributed by atoms with van der Waals surface area (Å²) in [5.74, 6) is 0. The van der Waals surface area contributed by atoms with Gasteiger partial charge in [0.15, 0.2) is 0 Å². The highest BCUT2D eigenvalue weighted by Crippen LogP contribution is 2.29. The molecule has 0 aliphatic heterocycles. The molecule has 3 aromatic carbocycles. The highest BCUT2D eigenvalue weighted by atomic mass is 16.6. The third-order valence-electron chi connectivity index (χ3n) is 5.69. The van der Waals surface area contributed by atoms with Gasteiger partial charge in [-0.15, -0.1) is 0 Å². The van der Waals surface area contributed by atoms with Crippen molar-refractivity contribution < 1.29 is 19.3 Å².